The number of nitrogens with zero attached hydrogens (tertiary/aromatic N) is 2. The van der Waals surface area contributed by atoms with Crippen molar-refractivity contribution in [1.82, 2.24) is 15.1 Å². The van der Waals surface area contributed by atoms with Crippen molar-refractivity contribution in [3.8, 4) is 0 Å². The van der Waals surface area contributed by atoms with Crippen LogP contribution in [0.15, 0.2) is 23.7 Å². The Balaban J connectivity index is 1.86. The summed E-state index contributed by atoms with van der Waals surface area (Å²) in [4.78, 5) is 1.38. The van der Waals surface area contributed by atoms with Crippen molar-refractivity contribution in [3.63, 3.8) is 0 Å². The fourth-order valence-corrected chi connectivity index (χ4v) is 2.48. The Morgan fingerprint density at radius 3 is 3.00 bits per heavy atom. The van der Waals surface area contributed by atoms with Gasteiger partial charge in [-0.2, -0.15) is 5.10 Å². The smallest absolute Gasteiger partial charge is 0.0638 e. The Morgan fingerprint density at radius 1 is 1.41 bits per heavy atom. The molecule has 2 aromatic rings. The monoisotopic (exact) mass is 249 g/mol. The molecular formula is C13H19N3S. The molecule has 0 aliphatic rings. The highest BCUT2D eigenvalue weighted by molar-refractivity contribution is 7.09. The second-order valence-corrected chi connectivity index (χ2v) is 5.22. The zero-order valence-electron chi connectivity index (χ0n) is 10.4. The van der Waals surface area contributed by atoms with Crippen LogP contribution in [0.25, 0.3) is 0 Å². The van der Waals surface area contributed by atoms with E-state index in [9.17, 15) is 0 Å². The number of hydrogen-bond donors (Lipinski definition) is 1. The quantitative estimate of drug-likeness (QED) is 0.853. The van der Waals surface area contributed by atoms with E-state index < -0.39 is 0 Å². The minimum absolute atomic E-state index is 0.896. The highest BCUT2D eigenvalue weighted by atomic mass is 32.1. The molecule has 2 aromatic heterocycles. The molecule has 0 aromatic carbocycles. The third-order valence-electron chi connectivity index (χ3n) is 2.70. The van der Waals surface area contributed by atoms with Crippen LogP contribution in [-0.2, 0) is 19.6 Å². The Bertz CT molecular complexity index is 445. The third-order valence-corrected chi connectivity index (χ3v) is 3.57. The Kier molecular flexibility index (Phi) is 4.34. The zero-order valence-corrected chi connectivity index (χ0v) is 11.3. The van der Waals surface area contributed by atoms with Crippen LogP contribution in [-0.4, -0.2) is 9.78 Å². The Labute approximate surface area is 106 Å². The average Bonchev–Trinajstić information content (AvgIpc) is 2.90. The number of hydrogen-bond acceptors (Lipinski definition) is 3. The van der Waals surface area contributed by atoms with E-state index in [4.69, 9.17) is 0 Å². The predicted octanol–water partition coefficient (Wildman–Crippen LogP) is 2.95. The third kappa shape index (κ3) is 3.41. The van der Waals surface area contributed by atoms with Crippen molar-refractivity contribution in [2.75, 3.05) is 0 Å². The highest BCUT2D eigenvalue weighted by Gasteiger charge is 2.04. The first-order valence-electron chi connectivity index (χ1n) is 6.05. The maximum Gasteiger partial charge on any atom is 0.0638 e. The maximum absolute atomic E-state index is 4.50. The van der Waals surface area contributed by atoms with Gasteiger partial charge in [-0.15, -0.1) is 11.3 Å². The van der Waals surface area contributed by atoms with Crippen LogP contribution in [0.2, 0.25) is 0 Å². The summed E-state index contributed by atoms with van der Waals surface area (Å²) in [6.07, 6.45) is 3.28. The summed E-state index contributed by atoms with van der Waals surface area (Å²) in [5, 5.41) is 10.1. The van der Waals surface area contributed by atoms with E-state index in [1.54, 1.807) is 11.3 Å². The minimum atomic E-state index is 0.896. The van der Waals surface area contributed by atoms with Crippen molar-refractivity contribution in [1.29, 1.82) is 0 Å². The van der Waals surface area contributed by atoms with Gasteiger partial charge >= 0.3 is 0 Å². The summed E-state index contributed by atoms with van der Waals surface area (Å²) in [7, 11) is 0. The lowest BCUT2D eigenvalue weighted by atomic mass is 10.2. The summed E-state index contributed by atoms with van der Waals surface area (Å²) in [6.45, 7) is 7.09. The molecule has 2 heterocycles. The predicted molar refractivity (Wildman–Crippen MR) is 72.1 cm³/mol. The molecule has 0 aliphatic carbocycles. The highest BCUT2D eigenvalue weighted by Crippen LogP contribution is 2.09. The number of aromatic nitrogens is 2. The number of thiophene rings is 1. The van der Waals surface area contributed by atoms with E-state index in [1.165, 1.54) is 10.4 Å². The number of aryl methyl sites for hydroxylation is 2. The summed E-state index contributed by atoms with van der Waals surface area (Å²) in [5.74, 6) is 0. The SMILES string of the molecule is CCCn1cc(CNCc2cccs2)c(C)n1. The largest absolute Gasteiger partial charge is 0.308 e. The fourth-order valence-electron chi connectivity index (χ4n) is 1.81. The molecule has 4 heteroatoms. The molecule has 1 N–H and O–H groups in total. The molecule has 92 valence electrons. The van der Waals surface area contributed by atoms with Gasteiger partial charge in [-0.05, 0) is 24.8 Å². The molecule has 0 atom stereocenters. The topological polar surface area (TPSA) is 29.9 Å². The molecule has 0 spiro atoms. The first-order valence-corrected chi connectivity index (χ1v) is 6.93. The van der Waals surface area contributed by atoms with E-state index in [-0.39, 0.29) is 0 Å². The lowest BCUT2D eigenvalue weighted by Crippen LogP contribution is -2.11. The molecule has 0 unspecified atom stereocenters. The number of rotatable bonds is 6. The van der Waals surface area contributed by atoms with Gasteiger partial charge < -0.3 is 5.32 Å². The Morgan fingerprint density at radius 2 is 2.29 bits per heavy atom. The second-order valence-electron chi connectivity index (χ2n) is 4.19. The van der Waals surface area contributed by atoms with Gasteiger partial charge in [0, 0.05) is 36.3 Å². The summed E-state index contributed by atoms with van der Waals surface area (Å²) >= 11 is 1.79. The van der Waals surface area contributed by atoms with E-state index >= 15 is 0 Å². The number of nitrogens with one attached hydrogen (secondary N) is 1. The standard InChI is InChI=1S/C13H19N3S/c1-3-6-16-10-12(11(2)15-16)8-14-9-13-5-4-7-17-13/h4-5,7,10,14H,3,6,8-9H2,1-2H3. The first kappa shape index (κ1) is 12.3. The lowest BCUT2D eigenvalue weighted by Gasteiger charge is -2.01. The van der Waals surface area contributed by atoms with Gasteiger partial charge in [-0.1, -0.05) is 13.0 Å². The minimum Gasteiger partial charge on any atom is -0.308 e. The van der Waals surface area contributed by atoms with Crippen molar-refractivity contribution in [3.05, 3.63) is 39.8 Å². The molecule has 0 amide bonds. The Hall–Kier alpha value is -1.13. The summed E-state index contributed by atoms with van der Waals surface area (Å²) in [5.41, 5.74) is 2.44. The van der Waals surface area contributed by atoms with Crippen molar-refractivity contribution in [2.45, 2.75) is 39.9 Å². The van der Waals surface area contributed by atoms with Gasteiger partial charge in [0.05, 0.1) is 5.69 Å². The molecule has 0 fully saturated rings. The van der Waals surface area contributed by atoms with E-state index in [2.05, 4.69) is 48.0 Å². The summed E-state index contributed by atoms with van der Waals surface area (Å²) < 4.78 is 2.04. The molecular weight excluding hydrogens is 230 g/mol. The van der Waals surface area contributed by atoms with Gasteiger partial charge in [0.1, 0.15) is 0 Å². The van der Waals surface area contributed by atoms with Crippen LogP contribution in [0.3, 0.4) is 0 Å². The molecule has 0 bridgehead atoms. The van der Waals surface area contributed by atoms with E-state index in [0.29, 0.717) is 0 Å². The molecule has 2 rings (SSSR count). The summed E-state index contributed by atoms with van der Waals surface area (Å²) in [6, 6.07) is 4.25. The van der Waals surface area contributed by atoms with E-state index in [1.807, 2.05) is 4.68 Å². The zero-order chi connectivity index (χ0) is 12.1. The van der Waals surface area contributed by atoms with Crippen LogP contribution in [0.1, 0.15) is 29.5 Å². The molecule has 0 saturated heterocycles. The maximum atomic E-state index is 4.50. The molecule has 0 radical (unpaired) electrons. The molecule has 17 heavy (non-hydrogen) atoms. The van der Waals surface area contributed by atoms with Gasteiger partial charge in [0.25, 0.3) is 0 Å². The van der Waals surface area contributed by atoms with E-state index in [0.717, 1.165) is 31.7 Å². The average molecular weight is 249 g/mol. The molecule has 3 nitrogen and oxygen atoms in total. The molecule has 0 aliphatic heterocycles. The first-order chi connectivity index (χ1) is 8.29. The second kappa shape index (κ2) is 5.98. The van der Waals surface area contributed by atoms with Gasteiger partial charge in [-0.25, -0.2) is 0 Å². The van der Waals surface area contributed by atoms with Crippen LogP contribution >= 0.6 is 11.3 Å². The van der Waals surface area contributed by atoms with Gasteiger partial charge in [0.2, 0.25) is 0 Å². The fraction of sp³-hybridized carbons (Fsp3) is 0.462. The normalized spacial score (nSPS) is 10.9. The van der Waals surface area contributed by atoms with Crippen LogP contribution in [0.4, 0.5) is 0 Å². The van der Waals surface area contributed by atoms with Crippen LogP contribution in [0, 0.1) is 6.92 Å². The molecule has 0 saturated carbocycles. The van der Waals surface area contributed by atoms with Crippen LogP contribution in [0.5, 0.6) is 0 Å². The van der Waals surface area contributed by atoms with Crippen molar-refractivity contribution >= 4 is 11.3 Å². The van der Waals surface area contributed by atoms with Crippen LogP contribution < -0.4 is 5.32 Å². The van der Waals surface area contributed by atoms with Gasteiger partial charge in [-0.3, -0.25) is 4.68 Å². The van der Waals surface area contributed by atoms with Crippen molar-refractivity contribution < 1.29 is 0 Å². The van der Waals surface area contributed by atoms with Crippen molar-refractivity contribution in [2.24, 2.45) is 0 Å². The van der Waals surface area contributed by atoms with Gasteiger partial charge in [0.15, 0.2) is 0 Å². The lowest BCUT2D eigenvalue weighted by molar-refractivity contribution is 0.597.